The fourth-order valence-electron chi connectivity index (χ4n) is 1.47. The lowest BCUT2D eigenvalue weighted by molar-refractivity contribution is 0.553. The van der Waals surface area contributed by atoms with E-state index in [9.17, 15) is 12.8 Å². The van der Waals surface area contributed by atoms with Crippen LogP contribution in [0.4, 0.5) is 10.1 Å². The third-order valence-corrected chi connectivity index (χ3v) is 4.45. The standard InChI is InChI=1S/C13H21FN2O2S/c1-9(2)15-8-11(4)19(17,18)16-13-6-5-10(3)7-12(13)14/h5-7,9,11,15-16H,8H2,1-4H3. The number of hydrogen-bond donors (Lipinski definition) is 2. The minimum absolute atomic E-state index is 0.0120. The predicted octanol–water partition coefficient (Wildman–Crippen LogP) is 2.26. The van der Waals surface area contributed by atoms with Gasteiger partial charge >= 0.3 is 0 Å². The summed E-state index contributed by atoms with van der Waals surface area (Å²) in [5.74, 6) is -0.562. The lowest BCUT2D eigenvalue weighted by Gasteiger charge is -2.17. The molecule has 0 aromatic heterocycles. The van der Waals surface area contributed by atoms with E-state index in [2.05, 4.69) is 10.0 Å². The lowest BCUT2D eigenvalue weighted by Crippen LogP contribution is -2.37. The van der Waals surface area contributed by atoms with Gasteiger partial charge in [-0.1, -0.05) is 19.9 Å². The normalized spacial score (nSPS) is 13.6. The Hall–Kier alpha value is -1.14. The van der Waals surface area contributed by atoms with Crippen LogP contribution in [0.25, 0.3) is 0 Å². The molecule has 0 spiro atoms. The third-order valence-electron chi connectivity index (χ3n) is 2.72. The molecular formula is C13H21FN2O2S. The van der Waals surface area contributed by atoms with Gasteiger partial charge < -0.3 is 5.32 Å². The zero-order valence-corrected chi connectivity index (χ0v) is 12.5. The van der Waals surface area contributed by atoms with Crippen LogP contribution in [0.5, 0.6) is 0 Å². The van der Waals surface area contributed by atoms with Gasteiger partial charge in [0.25, 0.3) is 0 Å². The predicted molar refractivity (Wildman–Crippen MR) is 76.3 cm³/mol. The van der Waals surface area contributed by atoms with Crippen molar-refractivity contribution in [3.63, 3.8) is 0 Å². The molecule has 0 saturated heterocycles. The van der Waals surface area contributed by atoms with Crippen molar-refractivity contribution in [1.29, 1.82) is 0 Å². The molecule has 0 radical (unpaired) electrons. The Morgan fingerprint density at radius 2 is 1.89 bits per heavy atom. The Labute approximate surface area is 114 Å². The van der Waals surface area contributed by atoms with Gasteiger partial charge in [0.2, 0.25) is 10.0 Å². The zero-order chi connectivity index (χ0) is 14.6. The summed E-state index contributed by atoms with van der Waals surface area (Å²) in [6.07, 6.45) is 0. The van der Waals surface area contributed by atoms with E-state index >= 15 is 0 Å². The highest BCUT2D eigenvalue weighted by Crippen LogP contribution is 2.18. The van der Waals surface area contributed by atoms with E-state index in [1.807, 2.05) is 13.8 Å². The highest BCUT2D eigenvalue weighted by atomic mass is 32.2. The van der Waals surface area contributed by atoms with Crippen molar-refractivity contribution in [3.8, 4) is 0 Å². The Morgan fingerprint density at radius 3 is 2.42 bits per heavy atom. The van der Waals surface area contributed by atoms with E-state index in [1.54, 1.807) is 19.9 Å². The van der Waals surface area contributed by atoms with Gasteiger partial charge in [0, 0.05) is 12.6 Å². The molecule has 0 fully saturated rings. The van der Waals surface area contributed by atoms with Gasteiger partial charge in [-0.25, -0.2) is 12.8 Å². The summed E-state index contributed by atoms with van der Waals surface area (Å²) in [6, 6.07) is 4.60. The maximum absolute atomic E-state index is 13.6. The van der Waals surface area contributed by atoms with E-state index in [-0.39, 0.29) is 11.7 Å². The molecule has 1 aromatic rings. The third kappa shape index (κ3) is 4.80. The molecule has 0 amide bonds. The van der Waals surface area contributed by atoms with Gasteiger partial charge in [-0.15, -0.1) is 0 Å². The van der Waals surface area contributed by atoms with E-state index in [4.69, 9.17) is 0 Å². The monoisotopic (exact) mass is 288 g/mol. The number of anilines is 1. The summed E-state index contributed by atoms with van der Waals surface area (Å²) in [5, 5.41) is 2.40. The topological polar surface area (TPSA) is 58.2 Å². The maximum atomic E-state index is 13.6. The Kier molecular flexibility index (Phi) is 5.31. The van der Waals surface area contributed by atoms with E-state index in [1.165, 1.54) is 12.1 Å². The molecule has 0 aliphatic rings. The van der Waals surface area contributed by atoms with Crippen LogP contribution in [0.1, 0.15) is 26.3 Å². The van der Waals surface area contributed by atoms with Crippen molar-refractivity contribution in [3.05, 3.63) is 29.6 Å². The lowest BCUT2D eigenvalue weighted by atomic mass is 10.2. The molecule has 1 atom stereocenters. The Balaban J connectivity index is 2.78. The quantitative estimate of drug-likeness (QED) is 0.844. The van der Waals surface area contributed by atoms with Gasteiger partial charge in [-0.2, -0.15) is 0 Å². The van der Waals surface area contributed by atoms with Crippen LogP contribution in [-0.2, 0) is 10.0 Å². The molecular weight excluding hydrogens is 267 g/mol. The van der Waals surface area contributed by atoms with Crippen molar-refractivity contribution in [2.24, 2.45) is 0 Å². The van der Waals surface area contributed by atoms with Gasteiger partial charge in [0.1, 0.15) is 5.82 Å². The van der Waals surface area contributed by atoms with Gasteiger partial charge in [0.05, 0.1) is 10.9 Å². The SMILES string of the molecule is Cc1ccc(NS(=O)(=O)C(C)CNC(C)C)c(F)c1. The summed E-state index contributed by atoms with van der Waals surface area (Å²) < 4.78 is 40.0. The van der Waals surface area contributed by atoms with Crippen molar-refractivity contribution in [1.82, 2.24) is 5.32 Å². The second-order valence-corrected chi connectivity index (χ2v) is 7.10. The number of hydrogen-bond acceptors (Lipinski definition) is 3. The molecule has 0 bridgehead atoms. The molecule has 108 valence electrons. The zero-order valence-electron chi connectivity index (χ0n) is 11.7. The van der Waals surface area contributed by atoms with Crippen LogP contribution in [0.15, 0.2) is 18.2 Å². The van der Waals surface area contributed by atoms with Gasteiger partial charge in [-0.05, 0) is 31.5 Å². The average Bonchev–Trinajstić information content (AvgIpc) is 2.29. The number of halogens is 1. The molecule has 0 aliphatic heterocycles. The van der Waals surface area contributed by atoms with Gasteiger partial charge in [-0.3, -0.25) is 4.72 Å². The van der Waals surface area contributed by atoms with Crippen LogP contribution >= 0.6 is 0 Å². The molecule has 19 heavy (non-hydrogen) atoms. The van der Waals surface area contributed by atoms with Crippen LogP contribution in [0.3, 0.4) is 0 Å². The molecule has 0 aliphatic carbocycles. The largest absolute Gasteiger partial charge is 0.313 e. The molecule has 2 N–H and O–H groups in total. The summed E-state index contributed by atoms with van der Waals surface area (Å²) in [7, 11) is -3.60. The van der Waals surface area contributed by atoms with Crippen LogP contribution in [0.2, 0.25) is 0 Å². The maximum Gasteiger partial charge on any atom is 0.236 e. The summed E-state index contributed by atoms with van der Waals surface area (Å²) in [5.41, 5.74) is 0.733. The molecule has 0 saturated carbocycles. The average molecular weight is 288 g/mol. The van der Waals surface area contributed by atoms with Crippen molar-refractivity contribution in [2.45, 2.75) is 39.0 Å². The second-order valence-electron chi connectivity index (χ2n) is 5.00. The van der Waals surface area contributed by atoms with Crippen LogP contribution in [0, 0.1) is 12.7 Å². The van der Waals surface area contributed by atoms with Crippen LogP contribution in [-0.4, -0.2) is 26.3 Å². The number of rotatable bonds is 6. The minimum Gasteiger partial charge on any atom is -0.313 e. The fraction of sp³-hybridized carbons (Fsp3) is 0.538. The number of sulfonamides is 1. The Bertz CT molecular complexity index is 529. The number of nitrogens with one attached hydrogen (secondary N) is 2. The first-order valence-electron chi connectivity index (χ1n) is 6.23. The van der Waals surface area contributed by atoms with E-state index < -0.39 is 21.1 Å². The second kappa shape index (κ2) is 6.34. The highest BCUT2D eigenvalue weighted by molar-refractivity contribution is 7.93. The minimum atomic E-state index is -3.60. The van der Waals surface area contributed by atoms with Crippen molar-refractivity contribution >= 4 is 15.7 Å². The van der Waals surface area contributed by atoms with E-state index in [0.29, 0.717) is 6.54 Å². The van der Waals surface area contributed by atoms with Crippen molar-refractivity contribution in [2.75, 3.05) is 11.3 Å². The first kappa shape index (κ1) is 15.9. The summed E-state index contributed by atoms with van der Waals surface area (Å²) >= 11 is 0. The fourth-order valence-corrected chi connectivity index (χ4v) is 2.46. The highest BCUT2D eigenvalue weighted by Gasteiger charge is 2.21. The molecule has 1 unspecified atom stereocenters. The smallest absolute Gasteiger partial charge is 0.236 e. The Morgan fingerprint density at radius 1 is 1.26 bits per heavy atom. The molecule has 1 aromatic carbocycles. The van der Waals surface area contributed by atoms with Crippen LogP contribution < -0.4 is 10.0 Å². The molecule has 6 heteroatoms. The summed E-state index contributed by atoms with van der Waals surface area (Å²) in [6.45, 7) is 7.53. The molecule has 1 rings (SSSR count). The van der Waals surface area contributed by atoms with Gasteiger partial charge in [0.15, 0.2) is 0 Å². The summed E-state index contributed by atoms with van der Waals surface area (Å²) in [4.78, 5) is 0. The molecule has 4 nitrogen and oxygen atoms in total. The number of benzene rings is 1. The van der Waals surface area contributed by atoms with E-state index in [0.717, 1.165) is 5.56 Å². The first-order chi connectivity index (χ1) is 8.72. The number of aryl methyl sites for hydroxylation is 1. The van der Waals surface area contributed by atoms with Crippen molar-refractivity contribution < 1.29 is 12.8 Å². The first-order valence-corrected chi connectivity index (χ1v) is 7.78. The molecule has 0 heterocycles.